The maximum Gasteiger partial charge on any atom is 0.0649 e. The Hall–Kier alpha value is -0.340. The Morgan fingerprint density at radius 3 is 2.17 bits per heavy atom. The van der Waals surface area contributed by atoms with Gasteiger partial charge in [0.1, 0.15) is 0 Å². The van der Waals surface area contributed by atoms with Crippen molar-refractivity contribution in [1.29, 1.82) is 0 Å². The monoisotopic (exact) mass is 484 g/mol. The first-order valence-electron chi connectivity index (χ1n) is 14.9. The highest BCUT2D eigenvalue weighted by molar-refractivity contribution is 5.34. The molecular formula is C33H56O2. The number of aliphatic hydroxyl groups excluding tert-OH is 1. The van der Waals surface area contributed by atoms with Crippen molar-refractivity contribution in [3.05, 3.63) is 11.6 Å². The second-order valence-corrected chi connectivity index (χ2v) is 16.6. The first-order chi connectivity index (χ1) is 16.0. The minimum absolute atomic E-state index is 0.128. The average molecular weight is 485 g/mol. The van der Waals surface area contributed by atoms with Crippen molar-refractivity contribution in [3.63, 3.8) is 0 Å². The van der Waals surface area contributed by atoms with E-state index in [1.54, 1.807) is 0 Å². The summed E-state index contributed by atoms with van der Waals surface area (Å²) in [4.78, 5) is 0. The molecule has 5 aliphatic carbocycles. The van der Waals surface area contributed by atoms with Crippen molar-refractivity contribution < 1.29 is 9.84 Å². The van der Waals surface area contributed by atoms with E-state index < -0.39 is 0 Å². The summed E-state index contributed by atoms with van der Waals surface area (Å²) in [5.74, 6) is 1.95. The normalized spacial score (nSPS) is 54.5. The molecule has 200 valence electrons. The molecule has 0 amide bonds. The molecule has 0 aromatic heterocycles. The lowest BCUT2D eigenvalue weighted by Crippen LogP contribution is -2.66. The van der Waals surface area contributed by atoms with Gasteiger partial charge in [-0.3, -0.25) is 0 Å². The van der Waals surface area contributed by atoms with Crippen LogP contribution < -0.4 is 0 Å². The number of fused-ring (bicyclic) bond motifs is 7. The van der Waals surface area contributed by atoms with Gasteiger partial charge in [-0.05, 0) is 108 Å². The molecule has 4 fully saturated rings. The predicted octanol–water partition coefficient (Wildman–Crippen LogP) is 8.43. The van der Waals surface area contributed by atoms with Crippen LogP contribution in [-0.2, 0) is 4.74 Å². The van der Waals surface area contributed by atoms with E-state index in [9.17, 15) is 5.11 Å². The molecule has 5 aliphatic rings. The van der Waals surface area contributed by atoms with Gasteiger partial charge in [0.15, 0.2) is 0 Å². The minimum Gasteiger partial charge on any atom is -0.396 e. The van der Waals surface area contributed by atoms with Gasteiger partial charge in [0, 0.05) is 12.5 Å². The van der Waals surface area contributed by atoms with Crippen molar-refractivity contribution in [2.24, 2.45) is 55.7 Å². The van der Waals surface area contributed by atoms with Gasteiger partial charge in [-0.25, -0.2) is 0 Å². The Kier molecular flexibility index (Phi) is 5.72. The Bertz CT molecular complexity index is 901. The van der Waals surface area contributed by atoms with Crippen molar-refractivity contribution >= 4 is 0 Å². The minimum atomic E-state index is -0.128. The topological polar surface area (TPSA) is 29.5 Å². The number of ether oxygens (including phenoxy) is 1. The van der Waals surface area contributed by atoms with Gasteiger partial charge >= 0.3 is 0 Å². The lowest BCUT2D eigenvalue weighted by Gasteiger charge is -2.72. The molecule has 0 bridgehead atoms. The van der Waals surface area contributed by atoms with E-state index in [2.05, 4.69) is 68.4 Å². The van der Waals surface area contributed by atoms with E-state index in [0.29, 0.717) is 38.9 Å². The summed E-state index contributed by atoms with van der Waals surface area (Å²) in [5.41, 5.74) is 3.83. The molecule has 9 unspecified atom stereocenters. The molecule has 4 saturated carbocycles. The summed E-state index contributed by atoms with van der Waals surface area (Å²) in [6.07, 6.45) is 14.5. The third-order valence-electron chi connectivity index (χ3n) is 14.4. The van der Waals surface area contributed by atoms with Crippen LogP contribution in [0.5, 0.6) is 0 Å². The van der Waals surface area contributed by atoms with E-state index >= 15 is 0 Å². The van der Waals surface area contributed by atoms with Gasteiger partial charge in [0.05, 0.1) is 12.7 Å². The second-order valence-electron chi connectivity index (χ2n) is 16.6. The van der Waals surface area contributed by atoms with E-state index in [0.717, 1.165) is 12.3 Å². The standard InChI is InChI=1S/C33H56O2/c1-27(2)19-23-22-11-12-25-29(5)15-14-26(35-10)30(6,21-34)24(29)13-16-33(25,9)32(22,8)18-17-31(23,7)28(3,4)20-27/h11,23-26,34H,12-21H2,1-10H3. The van der Waals surface area contributed by atoms with Gasteiger partial charge < -0.3 is 9.84 Å². The summed E-state index contributed by atoms with van der Waals surface area (Å²) < 4.78 is 6.00. The number of allylic oxidation sites excluding steroid dienone is 2. The van der Waals surface area contributed by atoms with Gasteiger partial charge in [0.2, 0.25) is 0 Å². The Morgan fingerprint density at radius 2 is 1.54 bits per heavy atom. The van der Waals surface area contributed by atoms with Gasteiger partial charge in [-0.1, -0.05) is 74.0 Å². The smallest absolute Gasteiger partial charge is 0.0649 e. The van der Waals surface area contributed by atoms with Crippen molar-refractivity contribution in [1.82, 2.24) is 0 Å². The van der Waals surface area contributed by atoms with Crippen LogP contribution in [0.25, 0.3) is 0 Å². The molecule has 0 aromatic rings. The lowest BCUT2D eigenvalue weighted by atomic mass is 9.32. The molecule has 5 rings (SSSR count). The summed E-state index contributed by atoms with van der Waals surface area (Å²) in [6, 6.07) is 0. The fourth-order valence-electron chi connectivity index (χ4n) is 12.1. The third kappa shape index (κ3) is 3.14. The molecule has 0 spiro atoms. The zero-order chi connectivity index (χ0) is 25.9. The van der Waals surface area contributed by atoms with Crippen LogP contribution in [0.3, 0.4) is 0 Å². The second kappa shape index (κ2) is 7.62. The molecule has 2 nitrogen and oxygen atoms in total. The first kappa shape index (κ1) is 26.3. The molecule has 2 heteroatoms. The Balaban J connectivity index is 1.58. The van der Waals surface area contributed by atoms with Crippen LogP contribution in [0.1, 0.15) is 120 Å². The molecule has 0 aromatic carbocycles. The number of aliphatic hydroxyl groups is 1. The fraction of sp³-hybridized carbons (Fsp3) is 0.939. The van der Waals surface area contributed by atoms with Crippen LogP contribution >= 0.6 is 0 Å². The summed E-state index contributed by atoms with van der Waals surface area (Å²) in [5, 5.41) is 10.7. The molecule has 9 atom stereocenters. The van der Waals surface area contributed by atoms with Crippen LogP contribution in [0, 0.1) is 55.7 Å². The van der Waals surface area contributed by atoms with Crippen LogP contribution in [-0.4, -0.2) is 24.9 Å². The summed E-state index contributed by atoms with van der Waals surface area (Å²) in [7, 11) is 1.86. The number of rotatable bonds is 2. The van der Waals surface area contributed by atoms with Crippen molar-refractivity contribution in [3.8, 4) is 0 Å². The van der Waals surface area contributed by atoms with Gasteiger partial charge in [0.25, 0.3) is 0 Å². The Labute approximate surface area is 217 Å². The van der Waals surface area contributed by atoms with Gasteiger partial charge in [-0.2, -0.15) is 0 Å². The van der Waals surface area contributed by atoms with E-state index in [1.807, 2.05) is 12.7 Å². The molecule has 0 saturated heterocycles. The van der Waals surface area contributed by atoms with Gasteiger partial charge in [-0.15, -0.1) is 0 Å². The van der Waals surface area contributed by atoms with E-state index in [1.165, 1.54) is 51.4 Å². The fourth-order valence-corrected chi connectivity index (χ4v) is 12.1. The predicted molar refractivity (Wildman–Crippen MR) is 146 cm³/mol. The summed E-state index contributed by atoms with van der Waals surface area (Å²) in [6.45, 7) is 23.5. The maximum atomic E-state index is 10.7. The Morgan fingerprint density at radius 1 is 0.857 bits per heavy atom. The lowest BCUT2D eigenvalue weighted by molar-refractivity contribution is -0.223. The van der Waals surface area contributed by atoms with E-state index in [-0.39, 0.29) is 23.5 Å². The molecule has 0 radical (unpaired) electrons. The highest BCUT2D eigenvalue weighted by Gasteiger charge is 2.69. The SMILES string of the molecule is COC1CCC2(C)C(CCC3(C)C2CC=C2C4CC(C)(C)CC(C)(C)C4(C)CCC23C)C1(C)CO. The summed E-state index contributed by atoms with van der Waals surface area (Å²) >= 11 is 0. The van der Waals surface area contributed by atoms with Crippen molar-refractivity contribution in [2.75, 3.05) is 13.7 Å². The zero-order valence-corrected chi connectivity index (χ0v) is 24.8. The molecular weight excluding hydrogens is 428 g/mol. The quantitative estimate of drug-likeness (QED) is 0.398. The third-order valence-corrected chi connectivity index (χ3v) is 14.4. The maximum absolute atomic E-state index is 10.7. The molecule has 0 aliphatic heterocycles. The number of hydrogen-bond acceptors (Lipinski definition) is 2. The molecule has 1 N–H and O–H groups in total. The number of hydrogen-bond donors (Lipinski definition) is 1. The van der Waals surface area contributed by atoms with Crippen LogP contribution in [0.2, 0.25) is 0 Å². The largest absolute Gasteiger partial charge is 0.396 e. The first-order valence-corrected chi connectivity index (χ1v) is 14.9. The average Bonchev–Trinajstić information content (AvgIpc) is 2.75. The van der Waals surface area contributed by atoms with Crippen LogP contribution in [0.4, 0.5) is 0 Å². The van der Waals surface area contributed by atoms with Crippen LogP contribution in [0.15, 0.2) is 11.6 Å². The number of methoxy groups -OCH3 is 1. The van der Waals surface area contributed by atoms with Crippen molar-refractivity contribution in [2.45, 2.75) is 126 Å². The highest BCUT2D eigenvalue weighted by Crippen LogP contribution is 2.77. The van der Waals surface area contributed by atoms with E-state index in [4.69, 9.17) is 4.74 Å². The highest BCUT2D eigenvalue weighted by atomic mass is 16.5. The molecule has 35 heavy (non-hydrogen) atoms. The zero-order valence-electron chi connectivity index (χ0n) is 24.8. The molecule has 0 heterocycles.